The molecule has 8 N–H and O–H groups in total. The third-order valence-corrected chi connectivity index (χ3v) is 16.6. The molecule has 11 heteroatoms. The van der Waals surface area contributed by atoms with Gasteiger partial charge in [-0.3, -0.25) is 4.79 Å². The molecule has 1 aliphatic rings. The topological polar surface area (TPSA) is 189 Å². The first kappa shape index (κ1) is 73.9. The van der Waals surface area contributed by atoms with E-state index in [9.17, 15) is 40.5 Å². The highest BCUT2D eigenvalue weighted by Gasteiger charge is 2.44. The molecule has 1 amide bonds. The van der Waals surface area contributed by atoms with Gasteiger partial charge < -0.3 is 50.5 Å². The van der Waals surface area contributed by atoms with Crippen LogP contribution in [0.1, 0.15) is 335 Å². The number of hydrogen-bond acceptors (Lipinski definition) is 10. The van der Waals surface area contributed by atoms with Crippen molar-refractivity contribution in [2.75, 3.05) is 13.2 Å². The lowest BCUT2D eigenvalue weighted by Gasteiger charge is -2.40. The third kappa shape index (κ3) is 43.2. The molecule has 0 radical (unpaired) electrons. The summed E-state index contributed by atoms with van der Waals surface area (Å²) in [5.41, 5.74) is 0. The van der Waals surface area contributed by atoms with Crippen LogP contribution in [-0.4, -0.2) is 110 Å². The number of rotatable bonds is 59. The average molecular weight is 1100 g/mol. The minimum absolute atomic E-state index is 0.256. The van der Waals surface area contributed by atoms with E-state index >= 15 is 0 Å². The molecule has 1 saturated heterocycles. The fourth-order valence-electron chi connectivity index (χ4n) is 11.1. The summed E-state index contributed by atoms with van der Waals surface area (Å²) >= 11 is 0. The number of nitrogens with one attached hydrogen (secondary N) is 1. The summed E-state index contributed by atoms with van der Waals surface area (Å²) < 4.78 is 11.2. The number of amides is 1. The molecule has 0 aliphatic carbocycles. The van der Waals surface area contributed by atoms with Gasteiger partial charge in [0.25, 0.3) is 0 Å². The van der Waals surface area contributed by atoms with Gasteiger partial charge in [0.15, 0.2) is 6.29 Å². The second-order valence-corrected chi connectivity index (χ2v) is 23.9. The minimum Gasteiger partial charge on any atom is -0.394 e. The van der Waals surface area contributed by atoms with Crippen molar-refractivity contribution in [3.8, 4) is 0 Å². The molecular weight excluding hydrogens is 967 g/mol. The highest BCUT2D eigenvalue weighted by Crippen LogP contribution is 2.24. The van der Waals surface area contributed by atoms with Crippen molar-refractivity contribution in [3.63, 3.8) is 0 Å². The molecule has 458 valence electrons. The van der Waals surface area contributed by atoms with Gasteiger partial charge >= 0.3 is 0 Å². The third-order valence-electron chi connectivity index (χ3n) is 16.6. The van der Waals surface area contributed by atoms with Gasteiger partial charge in [-0.05, 0) is 38.5 Å². The number of aliphatic hydroxyl groups excluding tert-OH is 7. The summed E-state index contributed by atoms with van der Waals surface area (Å²) in [7, 11) is 0. The Morgan fingerprint density at radius 1 is 0.442 bits per heavy atom. The van der Waals surface area contributed by atoms with E-state index in [-0.39, 0.29) is 6.42 Å². The van der Waals surface area contributed by atoms with Gasteiger partial charge in [-0.25, -0.2) is 0 Å². The van der Waals surface area contributed by atoms with Gasteiger partial charge in [0.2, 0.25) is 5.91 Å². The van der Waals surface area contributed by atoms with E-state index in [1.165, 1.54) is 244 Å². The Morgan fingerprint density at radius 3 is 1.09 bits per heavy atom. The van der Waals surface area contributed by atoms with Crippen LogP contribution in [0.15, 0.2) is 12.2 Å². The fraction of sp³-hybridized carbons (Fsp3) is 0.955. The highest BCUT2D eigenvalue weighted by molar-refractivity contribution is 5.80. The number of carbonyl (C=O) groups is 1. The smallest absolute Gasteiger partial charge is 0.249 e. The van der Waals surface area contributed by atoms with Crippen LogP contribution < -0.4 is 5.32 Å². The van der Waals surface area contributed by atoms with Crippen LogP contribution >= 0.6 is 0 Å². The number of aliphatic hydroxyl groups is 7. The number of hydrogen-bond donors (Lipinski definition) is 8. The summed E-state index contributed by atoms with van der Waals surface area (Å²) in [6.45, 7) is 3.50. The van der Waals surface area contributed by atoms with Gasteiger partial charge in [-0.2, -0.15) is 0 Å². The van der Waals surface area contributed by atoms with Crippen LogP contribution in [0, 0.1) is 0 Å². The monoisotopic (exact) mass is 1100 g/mol. The van der Waals surface area contributed by atoms with Gasteiger partial charge in [-0.15, -0.1) is 0 Å². The van der Waals surface area contributed by atoms with Crippen LogP contribution in [0.2, 0.25) is 0 Å². The molecule has 0 saturated carbocycles. The predicted octanol–water partition coefficient (Wildman–Crippen LogP) is 15.5. The lowest BCUT2D eigenvalue weighted by molar-refractivity contribution is -0.303. The zero-order valence-corrected chi connectivity index (χ0v) is 50.5. The van der Waals surface area contributed by atoms with E-state index < -0.39 is 74.2 Å². The van der Waals surface area contributed by atoms with Crippen molar-refractivity contribution in [1.29, 1.82) is 0 Å². The summed E-state index contributed by atoms with van der Waals surface area (Å²) in [6.07, 6.45) is 55.7. The van der Waals surface area contributed by atoms with E-state index in [0.717, 1.165) is 51.4 Å². The standard InChI is InChI=1S/C66H129NO10/c1-3-5-7-9-11-13-15-17-19-21-23-24-25-26-27-28-29-30-31-32-33-34-36-37-39-41-43-45-47-49-51-53-58(69)61(71)57(56-76-66-64(74)63(73)62(72)60(55-68)77-66)67-65(75)59(70)54-52-50-48-46-44-42-40-38-35-22-20-18-16-14-12-10-8-6-4-2/h35,38,57-64,66,68-74H,3-34,36-37,39-56H2,1-2H3,(H,67,75)/b38-35-. The Kier molecular flexibility index (Phi) is 53.1. The van der Waals surface area contributed by atoms with E-state index in [0.29, 0.717) is 19.3 Å². The largest absolute Gasteiger partial charge is 0.394 e. The molecule has 1 fully saturated rings. The van der Waals surface area contributed by atoms with Crippen LogP contribution in [-0.2, 0) is 14.3 Å². The summed E-state index contributed by atoms with van der Waals surface area (Å²) in [6, 6.07) is -1.17. The van der Waals surface area contributed by atoms with Crippen molar-refractivity contribution < 1.29 is 50.0 Å². The van der Waals surface area contributed by atoms with Gasteiger partial charge in [0, 0.05) is 0 Å². The molecular formula is C66H129NO10. The van der Waals surface area contributed by atoms with Gasteiger partial charge in [-0.1, -0.05) is 309 Å². The normalized spacial score (nSPS) is 19.5. The second-order valence-electron chi connectivity index (χ2n) is 23.9. The predicted molar refractivity (Wildman–Crippen MR) is 321 cm³/mol. The van der Waals surface area contributed by atoms with E-state index in [1.54, 1.807) is 0 Å². The first-order valence-corrected chi connectivity index (χ1v) is 33.6. The molecule has 11 nitrogen and oxygen atoms in total. The number of allylic oxidation sites excluding steroid dienone is 2. The zero-order valence-electron chi connectivity index (χ0n) is 50.5. The van der Waals surface area contributed by atoms with Crippen LogP contribution in [0.3, 0.4) is 0 Å². The van der Waals surface area contributed by atoms with E-state index in [4.69, 9.17) is 9.47 Å². The van der Waals surface area contributed by atoms with Gasteiger partial charge in [0.1, 0.15) is 36.6 Å². The van der Waals surface area contributed by atoms with Crippen molar-refractivity contribution >= 4 is 5.91 Å². The molecule has 9 unspecified atom stereocenters. The van der Waals surface area contributed by atoms with Crippen LogP contribution in [0.25, 0.3) is 0 Å². The summed E-state index contributed by atoms with van der Waals surface area (Å²) in [5.74, 6) is -0.695. The molecule has 1 aliphatic heterocycles. The Hall–Kier alpha value is -1.15. The Labute approximate surface area is 474 Å². The fourth-order valence-corrected chi connectivity index (χ4v) is 11.1. The zero-order chi connectivity index (χ0) is 56.1. The molecule has 77 heavy (non-hydrogen) atoms. The Balaban J connectivity index is 2.20. The van der Waals surface area contributed by atoms with Crippen molar-refractivity contribution in [3.05, 3.63) is 12.2 Å². The average Bonchev–Trinajstić information content (AvgIpc) is 3.43. The first-order chi connectivity index (χ1) is 37.7. The van der Waals surface area contributed by atoms with E-state index in [1.807, 2.05) is 0 Å². The van der Waals surface area contributed by atoms with Crippen LogP contribution in [0.5, 0.6) is 0 Å². The molecule has 1 rings (SSSR count). The highest BCUT2D eigenvalue weighted by atomic mass is 16.7. The van der Waals surface area contributed by atoms with Crippen molar-refractivity contribution in [2.24, 2.45) is 0 Å². The first-order valence-electron chi connectivity index (χ1n) is 33.6. The minimum atomic E-state index is -1.66. The van der Waals surface area contributed by atoms with Crippen molar-refractivity contribution in [2.45, 2.75) is 390 Å². The maximum atomic E-state index is 13.2. The molecule has 0 bridgehead atoms. The molecule has 9 atom stereocenters. The van der Waals surface area contributed by atoms with Crippen molar-refractivity contribution in [1.82, 2.24) is 5.32 Å². The SMILES string of the molecule is CCCCCCCCCCC/C=C\CCCCCCCCC(O)C(=O)NC(COC1OC(CO)C(O)C(O)C1O)C(O)C(O)CCCCCCCCCCCCCCCCCCCCCCCCCCCCCCCCC. The van der Waals surface area contributed by atoms with E-state index in [2.05, 4.69) is 31.3 Å². The molecule has 0 spiro atoms. The Morgan fingerprint density at radius 2 is 0.753 bits per heavy atom. The molecule has 0 aromatic heterocycles. The number of unbranched alkanes of at least 4 members (excludes halogenated alkanes) is 45. The Bertz CT molecular complexity index is 1260. The maximum absolute atomic E-state index is 13.2. The summed E-state index contributed by atoms with van der Waals surface area (Å²) in [5, 5.41) is 76.4. The van der Waals surface area contributed by atoms with Crippen LogP contribution in [0.4, 0.5) is 0 Å². The second kappa shape index (κ2) is 55.4. The number of ether oxygens (including phenoxy) is 2. The molecule has 0 aromatic rings. The lowest BCUT2D eigenvalue weighted by Crippen LogP contribution is -2.60. The molecule has 1 heterocycles. The maximum Gasteiger partial charge on any atom is 0.249 e. The quantitative estimate of drug-likeness (QED) is 0.0215. The van der Waals surface area contributed by atoms with Gasteiger partial charge in [0.05, 0.1) is 25.4 Å². The lowest BCUT2D eigenvalue weighted by atomic mass is 9.98. The molecule has 0 aromatic carbocycles. The number of carbonyl (C=O) groups excluding carboxylic acids is 1. The summed E-state index contributed by atoms with van der Waals surface area (Å²) in [4.78, 5) is 13.2.